The van der Waals surface area contributed by atoms with Gasteiger partial charge in [0, 0.05) is 5.54 Å². The summed E-state index contributed by atoms with van der Waals surface area (Å²) in [6.07, 6.45) is 3.12. The Morgan fingerprint density at radius 1 is 1.06 bits per heavy atom. The van der Waals surface area contributed by atoms with E-state index >= 15 is 0 Å². The molecule has 0 amide bonds. The molecule has 0 aliphatic carbocycles. The summed E-state index contributed by atoms with van der Waals surface area (Å²) in [6.45, 7) is 7.48. The molecule has 18 heavy (non-hydrogen) atoms. The zero-order chi connectivity index (χ0) is 12.9. The van der Waals surface area contributed by atoms with Gasteiger partial charge in [-0.25, -0.2) is 0 Å². The minimum absolute atomic E-state index is 0. The van der Waals surface area contributed by atoms with Crippen LogP contribution in [0.3, 0.4) is 0 Å². The molecule has 1 aromatic rings. The lowest BCUT2D eigenvalue weighted by Gasteiger charge is -2.20. The van der Waals surface area contributed by atoms with E-state index in [1.54, 1.807) is 6.07 Å². The second-order valence-electron chi connectivity index (χ2n) is 5.46. The van der Waals surface area contributed by atoms with Gasteiger partial charge in [-0.15, -0.1) is 17.0 Å². The molecule has 1 rings (SSSR count). The fourth-order valence-corrected chi connectivity index (χ4v) is 1.64. The molecule has 3 N–H and O–H groups in total. The summed E-state index contributed by atoms with van der Waals surface area (Å²) in [6, 6.07) is 5.02. The normalized spacial score (nSPS) is 11.1. The number of hydrogen-bond donors (Lipinski definition) is 3. The molecule has 0 unspecified atom stereocenters. The van der Waals surface area contributed by atoms with Crippen LogP contribution in [0.25, 0.3) is 0 Å². The van der Waals surface area contributed by atoms with E-state index in [0.29, 0.717) is 0 Å². The van der Waals surface area contributed by atoms with Crippen LogP contribution in [0.1, 0.15) is 39.2 Å². The van der Waals surface area contributed by atoms with E-state index in [9.17, 15) is 10.2 Å². The minimum atomic E-state index is -0.0526. The number of aryl methyl sites for hydroxylation is 1. The predicted octanol–water partition coefficient (Wildman–Crippen LogP) is 3.39. The third-order valence-corrected chi connectivity index (χ3v) is 2.59. The maximum atomic E-state index is 9.35. The largest absolute Gasteiger partial charge is 0.504 e. The van der Waals surface area contributed by atoms with Crippen LogP contribution in [0.4, 0.5) is 0 Å². The molecular formula is C14H24BrNO2. The molecule has 0 aliphatic rings. The average Bonchev–Trinajstić information content (AvgIpc) is 2.21. The van der Waals surface area contributed by atoms with Crippen molar-refractivity contribution in [1.29, 1.82) is 0 Å². The predicted molar refractivity (Wildman–Crippen MR) is 80.8 cm³/mol. The van der Waals surface area contributed by atoms with Gasteiger partial charge in [0.05, 0.1) is 0 Å². The Bertz CT molecular complexity index is 361. The number of nitrogens with one attached hydrogen (secondary N) is 1. The zero-order valence-electron chi connectivity index (χ0n) is 11.4. The first-order chi connectivity index (χ1) is 7.88. The van der Waals surface area contributed by atoms with Crippen LogP contribution < -0.4 is 5.32 Å². The highest BCUT2D eigenvalue weighted by Crippen LogP contribution is 2.25. The molecule has 1 aromatic carbocycles. The van der Waals surface area contributed by atoms with E-state index in [-0.39, 0.29) is 34.0 Å². The molecule has 0 spiro atoms. The molecule has 0 aromatic heterocycles. The molecule has 3 nitrogen and oxygen atoms in total. The molecule has 0 saturated carbocycles. The summed E-state index contributed by atoms with van der Waals surface area (Å²) in [4.78, 5) is 0. The standard InChI is InChI=1S/C14H23NO2.BrH/c1-14(2,3)15-9-5-4-6-11-7-8-12(16)13(17)10-11;/h7-8,10,15-17H,4-6,9H2,1-3H3;1H. The van der Waals surface area contributed by atoms with Crippen LogP contribution in [-0.2, 0) is 6.42 Å². The van der Waals surface area contributed by atoms with Gasteiger partial charge in [-0.05, 0) is 64.3 Å². The zero-order valence-corrected chi connectivity index (χ0v) is 13.1. The molecule has 4 heteroatoms. The highest BCUT2D eigenvalue weighted by molar-refractivity contribution is 8.93. The van der Waals surface area contributed by atoms with Crippen molar-refractivity contribution in [2.75, 3.05) is 6.54 Å². The van der Waals surface area contributed by atoms with Crippen molar-refractivity contribution in [3.8, 4) is 11.5 Å². The van der Waals surface area contributed by atoms with Crippen LogP contribution in [-0.4, -0.2) is 22.3 Å². The molecule has 0 aliphatic heterocycles. The number of halogens is 1. The Balaban J connectivity index is 0.00000289. The first-order valence-corrected chi connectivity index (χ1v) is 6.14. The van der Waals surface area contributed by atoms with E-state index in [2.05, 4.69) is 26.1 Å². The van der Waals surface area contributed by atoms with Crippen LogP contribution in [0.2, 0.25) is 0 Å². The Hall–Kier alpha value is -0.740. The fourth-order valence-electron chi connectivity index (χ4n) is 1.64. The van der Waals surface area contributed by atoms with Gasteiger partial charge in [0.15, 0.2) is 11.5 Å². The third-order valence-electron chi connectivity index (χ3n) is 2.59. The number of aromatic hydroxyl groups is 2. The van der Waals surface area contributed by atoms with Gasteiger partial charge in [0.1, 0.15) is 0 Å². The number of phenols is 2. The van der Waals surface area contributed by atoms with E-state index in [4.69, 9.17) is 0 Å². The summed E-state index contributed by atoms with van der Waals surface area (Å²) >= 11 is 0. The van der Waals surface area contributed by atoms with Crippen molar-refractivity contribution in [2.24, 2.45) is 0 Å². The maximum absolute atomic E-state index is 9.35. The van der Waals surface area contributed by atoms with Crippen LogP contribution >= 0.6 is 17.0 Å². The average molecular weight is 318 g/mol. The fraction of sp³-hybridized carbons (Fsp3) is 0.571. The molecule has 0 radical (unpaired) electrons. The molecule has 0 atom stereocenters. The maximum Gasteiger partial charge on any atom is 0.157 e. The lowest BCUT2D eigenvalue weighted by molar-refractivity contribution is 0.402. The lowest BCUT2D eigenvalue weighted by Crippen LogP contribution is -2.36. The second kappa shape index (κ2) is 7.64. The summed E-state index contributed by atoms with van der Waals surface area (Å²) in [7, 11) is 0. The van der Waals surface area contributed by atoms with Crippen LogP contribution in [0.5, 0.6) is 11.5 Å². The SMILES string of the molecule is Br.CC(C)(C)NCCCCc1ccc(O)c(O)c1. The quantitative estimate of drug-likeness (QED) is 0.576. The van der Waals surface area contributed by atoms with Crippen LogP contribution in [0, 0.1) is 0 Å². The summed E-state index contributed by atoms with van der Waals surface area (Å²) < 4.78 is 0. The van der Waals surface area contributed by atoms with E-state index in [1.807, 2.05) is 6.07 Å². The smallest absolute Gasteiger partial charge is 0.157 e. The van der Waals surface area contributed by atoms with Crippen LogP contribution in [0.15, 0.2) is 18.2 Å². The van der Waals surface area contributed by atoms with Crippen molar-refractivity contribution in [3.05, 3.63) is 23.8 Å². The lowest BCUT2D eigenvalue weighted by atomic mass is 10.1. The Morgan fingerprint density at radius 2 is 1.72 bits per heavy atom. The molecule has 0 fully saturated rings. The van der Waals surface area contributed by atoms with Crippen molar-refractivity contribution >= 4 is 17.0 Å². The number of benzene rings is 1. The van der Waals surface area contributed by atoms with Crippen molar-refractivity contribution in [3.63, 3.8) is 0 Å². The number of rotatable bonds is 5. The Kier molecular flexibility index (Phi) is 7.33. The Morgan fingerprint density at radius 3 is 2.28 bits per heavy atom. The number of unbranched alkanes of at least 4 members (excludes halogenated alkanes) is 1. The van der Waals surface area contributed by atoms with Gasteiger partial charge in [0.25, 0.3) is 0 Å². The van der Waals surface area contributed by atoms with Gasteiger partial charge in [0.2, 0.25) is 0 Å². The molecular weight excluding hydrogens is 294 g/mol. The first-order valence-electron chi connectivity index (χ1n) is 6.14. The van der Waals surface area contributed by atoms with E-state index in [0.717, 1.165) is 31.4 Å². The minimum Gasteiger partial charge on any atom is -0.504 e. The highest BCUT2D eigenvalue weighted by atomic mass is 79.9. The van der Waals surface area contributed by atoms with Crippen molar-refractivity contribution in [2.45, 2.75) is 45.6 Å². The van der Waals surface area contributed by atoms with Gasteiger partial charge in [-0.1, -0.05) is 6.07 Å². The third kappa shape index (κ3) is 6.87. The Labute approximate surface area is 120 Å². The number of phenolic OH excluding ortho intramolecular Hbond substituents is 2. The first kappa shape index (κ1) is 17.3. The van der Waals surface area contributed by atoms with Gasteiger partial charge in [-0.2, -0.15) is 0 Å². The van der Waals surface area contributed by atoms with Gasteiger partial charge < -0.3 is 15.5 Å². The molecule has 0 heterocycles. The van der Waals surface area contributed by atoms with Gasteiger partial charge in [-0.3, -0.25) is 0 Å². The molecule has 0 bridgehead atoms. The van der Waals surface area contributed by atoms with Crippen molar-refractivity contribution in [1.82, 2.24) is 5.32 Å². The monoisotopic (exact) mass is 317 g/mol. The van der Waals surface area contributed by atoms with E-state index < -0.39 is 0 Å². The van der Waals surface area contributed by atoms with Crippen molar-refractivity contribution < 1.29 is 10.2 Å². The summed E-state index contributed by atoms with van der Waals surface area (Å²) in [5, 5.41) is 22.0. The topological polar surface area (TPSA) is 52.5 Å². The summed E-state index contributed by atoms with van der Waals surface area (Å²) in [5.41, 5.74) is 1.24. The molecule has 0 saturated heterocycles. The highest BCUT2D eigenvalue weighted by Gasteiger charge is 2.07. The second-order valence-corrected chi connectivity index (χ2v) is 5.46. The van der Waals surface area contributed by atoms with Gasteiger partial charge >= 0.3 is 0 Å². The molecule has 104 valence electrons. The summed E-state index contributed by atoms with van der Waals surface area (Å²) in [5.74, 6) is -0.0848. The van der Waals surface area contributed by atoms with E-state index in [1.165, 1.54) is 6.07 Å². The number of hydrogen-bond acceptors (Lipinski definition) is 3.